The van der Waals surface area contributed by atoms with Crippen LogP contribution in [0.5, 0.6) is 0 Å². The zero-order chi connectivity index (χ0) is 7.11. The van der Waals surface area contributed by atoms with Gasteiger partial charge in [0, 0.05) is 0 Å². The third kappa shape index (κ3) is 8.24. The molecule has 0 aliphatic heterocycles. The van der Waals surface area contributed by atoms with Gasteiger partial charge in [0.25, 0.3) is 0 Å². The molecule has 0 aromatic rings. The Hall–Kier alpha value is 0.240. The van der Waals surface area contributed by atoms with Crippen molar-refractivity contribution in [3.8, 4) is 0 Å². The molecule has 0 aliphatic carbocycles. The van der Waals surface area contributed by atoms with Crippen LogP contribution in [0, 0.1) is 0 Å². The van der Waals surface area contributed by atoms with Gasteiger partial charge in [0.05, 0.1) is 6.61 Å². The Morgan fingerprint density at radius 3 is 2.60 bits per heavy atom. The standard InChI is InChI=1S/C6H11BrO2.ClH/c1-2-3-4-9-6(8)5-7;/h2-5H2,1H3;1H. The van der Waals surface area contributed by atoms with Crippen LogP contribution in [0.1, 0.15) is 19.8 Å². The van der Waals surface area contributed by atoms with Crippen molar-refractivity contribution in [2.75, 3.05) is 11.9 Å². The van der Waals surface area contributed by atoms with Crippen LogP contribution >= 0.6 is 28.3 Å². The molecule has 0 saturated carbocycles. The predicted octanol–water partition coefficient (Wildman–Crippen LogP) is 2.15. The fourth-order valence-electron chi connectivity index (χ4n) is 0.369. The number of ether oxygens (including phenoxy) is 1. The Labute approximate surface area is 75.9 Å². The summed E-state index contributed by atoms with van der Waals surface area (Å²) < 4.78 is 4.75. The van der Waals surface area contributed by atoms with Gasteiger partial charge in [-0.2, -0.15) is 0 Å². The van der Waals surface area contributed by atoms with E-state index in [1.807, 2.05) is 0 Å². The molecule has 4 heteroatoms. The van der Waals surface area contributed by atoms with E-state index in [0.717, 1.165) is 12.8 Å². The lowest BCUT2D eigenvalue weighted by molar-refractivity contribution is -0.140. The first-order valence-corrected chi connectivity index (χ1v) is 4.15. The number of halogens is 2. The highest BCUT2D eigenvalue weighted by atomic mass is 79.9. The maximum Gasteiger partial charge on any atom is 0.316 e. The molecule has 0 heterocycles. The molecule has 0 atom stereocenters. The second-order valence-electron chi connectivity index (χ2n) is 1.71. The van der Waals surface area contributed by atoms with Crippen LogP contribution in [-0.4, -0.2) is 17.9 Å². The summed E-state index contributed by atoms with van der Waals surface area (Å²) in [6.45, 7) is 2.61. The molecular formula is C6H12BrClO2. The average molecular weight is 232 g/mol. The molecule has 10 heavy (non-hydrogen) atoms. The number of hydrogen-bond acceptors (Lipinski definition) is 2. The minimum atomic E-state index is -0.177. The van der Waals surface area contributed by atoms with Crippen molar-refractivity contribution in [2.24, 2.45) is 0 Å². The molecule has 62 valence electrons. The van der Waals surface area contributed by atoms with E-state index in [0.29, 0.717) is 11.9 Å². The number of esters is 1. The Kier molecular flexibility index (Phi) is 11.9. The lowest BCUT2D eigenvalue weighted by atomic mass is 10.4. The van der Waals surface area contributed by atoms with E-state index in [9.17, 15) is 4.79 Å². The van der Waals surface area contributed by atoms with Gasteiger partial charge >= 0.3 is 5.97 Å². The van der Waals surface area contributed by atoms with Crippen molar-refractivity contribution in [2.45, 2.75) is 19.8 Å². The summed E-state index contributed by atoms with van der Waals surface area (Å²) in [6.07, 6.45) is 2.02. The van der Waals surface area contributed by atoms with E-state index in [1.165, 1.54) is 0 Å². The summed E-state index contributed by atoms with van der Waals surface area (Å²) in [5, 5.41) is 0.302. The number of unbranched alkanes of at least 4 members (excludes halogenated alkanes) is 1. The van der Waals surface area contributed by atoms with E-state index in [2.05, 4.69) is 22.9 Å². The molecule has 0 fully saturated rings. The van der Waals surface area contributed by atoms with Crippen LogP contribution in [-0.2, 0) is 9.53 Å². The van der Waals surface area contributed by atoms with Crippen LogP contribution in [0.3, 0.4) is 0 Å². The van der Waals surface area contributed by atoms with Gasteiger partial charge in [0.2, 0.25) is 0 Å². The topological polar surface area (TPSA) is 26.3 Å². The smallest absolute Gasteiger partial charge is 0.316 e. The Morgan fingerprint density at radius 2 is 2.20 bits per heavy atom. The van der Waals surface area contributed by atoms with Gasteiger partial charge in [-0.05, 0) is 6.42 Å². The Bertz CT molecular complexity index is 87.8. The third-order valence-corrected chi connectivity index (χ3v) is 1.33. The molecular weight excluding hydrogens is 219 g/mol. The molecule has 0 amide bonds. The summed E-state index contributed by atoms with van der Waals surface area (Å²) in [7, 11) is 0. The van der Waals surface area contributed by atoms with E-state index in [-0.39, 0.29) is 18.4 Å². The quantitative estimate of drug-likeness (QED) is 0.421. The van der Waals surface area contributed by atoms with Crippen LogP contribution in [0.15, 0.2) is 0 Å². The molecule has 0 aromatic carbocycles. The van der Waals surface area contributed by atoms with Crippen LogP contribution in [0.25, 0.3) is 0 Å². The van der Waals surface area contributed by atoms with Crippen LogP contribution < -0.4 is 0 Å². The summed E-state index contributed by atoms with van der Waals surface area (Å²) in [4.78, 5) is 10.4. The molecule has 0 aromatic heterocycles. The molecule has 0 rings (SSSR count). The predicted molar refractivity (Wildman–Crippen MR) is 46.9 cm³/mol. The van der Waals surface area contributed by atoms with Crippen molar-refractivity contribution in [1.82, 2.24) is 0 Å². The second kappa shape index (κ2) is 9.24. The first-order chi connectivity index (χ1) is 4.31. The fourth-order valence-corrected chi connectivity index (χ4v) is 0.531. The molecule has 0 radical (unpaired) electrons. The second-order valence-corrected chi connectivity index (χ2v) is 2.27. The monoisotopic (exact) mass is 230 g/mol. The van der Waals surface area contributed by atoms with Crippen molar-refractivity contribution in [1.29, 1.82) is 0 Å². The van der Waals surface area contributed by atoms with Gasteiger partial charge in [-0.1, -0.05) is 29.3 Å². The molecule has 0 saturated heterocycles. The van der Waals surface area contributed by atoms with E-state index in [4.69, 9.17) is 4.74 Å². The van der Waals surface area contributed by atoms with Gasteiger partial charge in [-0.15, -0.1) is 12.4 Å². The largest absolute Gasteiger partial charge is 0.465 e. The van der Waals surface area contributed by atoms with Crippen molar-refractivity contribution in [3.05, 3.63) is 0 Å². The fraction of sp³-hybridized carbons (Fsp3) is 0.833. The maximum atomic E-state index is 10.4. The molecule has 0 bridgehead atoms. The van der Waals surface area contributed by atoms with Gasteiger partial charge in [-0.25, -0.2) is 0 Å². The third-order valence-electron chi connectivity index (χ3n) is 0.870. The van der Waals surface area contributed by atoms with Gasteiger partial charge in [0.15, 0.2) is 0 Å². The molecule has 0 spiro atoms. The maximum absolute atomic E-state index is 10.4. The van der Waals surface area contributed by atoms with Crippen molar-refractivity contribution >= 4 is 34.3 Å². The van der Waals surface area contributed by atoms with E-state index < -0.39 is 0 Å². The number of carbonyl (C=O) groups is 1. The van der Waals surface area contributed by atoms with Crippen molar-refractivity contribution < 1.29 is 9.53 Å². The van der Waals surface area contributed by atoms with E-state index in [1.54, 1.807) is 0 Å². The lowest BCUT2D eigenvalue weighted by Crippen LogP contribution is -2.05. The molecule has 2 nitrogen and oxygen atoms in total. The number of hydrogen-bond donors (Lipinski definition) is 0. The van der Waals surface area contributed by atoms with Gasteiger partial charge in [-0.3, -0.25) is 4.79 Å². The SMILES string of the molecule is CCCCOC(=O)CBr.Cl. The summed E-state index contributed by atoms with van der Waals surface area (Å²) in [5.41, 5.74) is 0. The average Bonchev–Trinajstić information content (AvgIpc) is 1.89. The van der Waals surface area contributed by atoms with Crippen LogP contribution in [0.2, 0.25) is 0 Å². The normalized spacial score (nSPS) is 8.20. The molecule has 0 aliphatic rings. The highest BCUT2D eigenvalue weighted by Gasteiger charge is 1.95. The highest BCUT2D eigenvalue weighted by Crippen LogP contribution is 1.90. The van der Waals surface area contributed by atoms with E-state index >= 15 is 0 Å². The summed E-state index contributed by atoms with van der Waals surface area (Å²) in [6, 6.07) is 0. The summed E-state index contributed by atoms with van der Waals surface area (Å²) in [5.74, 6) is -0.177. The number of carbonyl (C=O) groups excluding carboxylic acids is 1. The molecule has 0 unspecified atom stereocenters. The van der Waals surface area contributed by atoms with Gasteiger partial charge in [0.1, 0.15) is 5.33 Å². The molecule has 0 N–H and O–H groups in total. The minimum absolute atomic E-state index is 0. The first kappa shape index (κ1) is 12.9. The lowest BCUT2D eigenvalue weighted by Gasteiger charge is -1.98. The van der Waals surface area contributed by atoms with Crippen LogP contribution in [0.4, 0.5) is 0 Å². The summed E-state index contributed by atoms with van der Waals surface area (Å²) >= 11 is 2.99. The number of rotatable bonds is 4. The zero-order valence-corrected chi connectivity index (χ0v) is 8.33. The zero-order valence-electron chi connectivity index (χ0n) is 5.93. The van der Waals surface area contributed by atoms with Crippen molar-refractivity contribution in [3.63, 3.8) is 0 Å². The number of alkyl halides is 1. The minimum Gasteiger partial charge on any atom is -0.465 e. The Balaban J connectivity index is 0. The first-order valence-electron chi connectivity index (χ1n) is 3.02. The van der Waals surface area contributed by atoms with Gasteiger partial charge < -0.3 is 4.74 Å². The highest BCUT2D eigenvalue weighted by molar-refractivity contribution is 9.09. The Morgan fingerprint density at radius 1 is 1.60 bits per heavy atom.